The Morgan fingerprint density at radius 2 is 2.17 bits per heavy atom. The molecule has 1 aromatic rings. The lowest BCUT2D eigenvalue weighted by Gasteiger charge is -2.12. The zero-order chi connectivity index (χ0) is 13.7. The molecule has 0 bridgehead atoms. The van der Waals surface area contributed by atoms with Crippen molar-refractivity contribution >= 4 is 23.5 Å². The average molecular weight is 272 g/mol. The maximum atomic E-state index is 11.7. The van der Waals surface area contributed by atoms with Gasteiger partial charge in [0.25, 0.3) is 0 Å². The number of carbonyl (C=O) groups is 2. The Morgan fingerprint density at radius 1 is 1.50 bits per heavy atom. The van der Waals surface area contributed by atoms with E-state index in [0.717, 1.165) is 0 Å². The van der Waals surface area contributed by atoms with E-state index < -0.39 is 17.9 Å². The minimum Gasteiger partial charge on any atom is -0.496 e. The van der Waals surface area contributed by atoms with E-state index in [1.165, 1.54) is 14.0 Å². The van der Waals surface area contributed by atoms with Crippen molar-refractivity contribution in [2.45, 2.75) is 19.4 Å². The van der Waals surface area contributed by atoms with E-state index in [0.29, 0.717) is 16.3 Å². The van der Waals surface area contributed by atoms with Crippen LogP contribution in [0.25, 0.3) is 0 Å². The number of ether oxygens (including phenoxy) is 1. The van der Waals surface area contributed by atoms with Crippen LogP contribution in [0.4, 0.5) is 0 Å². The predicted molar refractivity (Wildman–Crippen MR) is 66.9 cm³/mol. The molecule has 0 spiro atoms. The second-order valence-corrected chi connectivity index (χ2v) is 4.13. The first kappa shape index (κ1) is 14.3. The fourth-order valence-electron chi connectivity index (χ4n) is 1.42. The summed E-state index contributed by atoms with van der Waals surface area (Å²) in [6.07, 6.45) is -0.0273. The van der Waals surface area contributed by atoms with Crippen molar-refractivity contribution in [3.05, 3.63) is 28.8 Å². The molecule has 0 saturated carbocycles. The third-order valence-corrected chi connectivity index (χ3v) is 2.74. The van der Waals surface area contributed by atoms with Crippen molar-refractivity contribution in [2.75, 3.05) is 7.11 Å². The van der Waals surface area contributed by atoms with E-state index in [1.807, 2.05) is 0 Å². The number of carboxylic acid groups (broad SMARTS) is 1. The van der Waals surface area contributed by atoms with Crippen molar-refractivity contribution < 1.29 is 19.4 Å². The number of methoxy groups -OCH3 is 1. The first-order valence-corrected chi connectivity index (χ1v) is 5.67. The molecule has 0 fully saturated rings. The van der Waals surface area contributed by atoms with Crippen LogP contribution in [0.5, 0.6) is 5.75 Å². The van der Waals surface area contributed by atoms with E-state index >= 15 is 0 Å². The van der Waals surface area contributed by atoms with Crippen LogP contribution in [0.2, 0.25) is 5.02 Å². The summed E-state index contributed by atoms with van der Waals surface area (Å²) in [6, 6.07) is 4.11. The molecule has 0 aromatic heterocycles. The Morgan fingerprint density at radius 3 is 2.72 bits per heavy atom. The summed E-state index contributed by atoms with van der Waals surface area (Å²) in [5.74, 6) is -1.01. The van der Waals surface area contributed by atoms with Crippen LogP contribution in [0.15, 0.2) is 18.2 Å². The van der Waals surface area contributed by atoms with Crippen LogP contribution in [0.3, 0.4) is 0 Å². The number of amides is 1. The first-order chi connectivity index (χ1) is 8.45. The molecule has 1 atom stereocenters. The van der Waals surface area contributed by atoms with E-state index in [4.69, 9.17) is 21.4 Å². The van der Waals surface area contributed by atoms with Gasteiger partial charge in [-0.15, -0.1) is 0 Å². The number of hydrogen-bond donors (Lipinski definition) is 2. The van der Waals surface area contributed by atoms with Crippen molar-refractivity contribution in [2.24, 2.45) is 0 Å². The number of carboxylic acids is 1. The molecule has 0 heterocycles. The topological polar surface area (TPSA) is 75.6 Å². The third-order valence-electron chi connectivity index (χ3n) is 2.38. The summed E-state index contributed by atoms with van der Waals surface area (Å²) in [5.41, 5.74) is 0.539. The number of carbonyl (C=O) groups excluding carboxylic acids is 1. The molecule has 0 saturated heterocycles. The highest BCUT2D eigenvalue weighted by Crippen LogP contribution is 2.26. The predicted octanol–water partition coefficient (Wildman–Crippen LogP) is 1.48. The lowest BCUT2D eigenvalue weighted by Crippen LogP contribution is -2.39. The fraction of sp³-hybridized carbons (Fsp3) is 0.333. The number of benzene rings is 1. The highest BCUT2D eigenvalue weighted by atomic mass is 35.5. The van der Waals surface area contributed by atoms with E-state index in [1.54, 1.807) is 18.2 Å². The average Bonchev–Trinajstić information content (AvgIpc) is 2.31. The molecule has 0 unspecified atom stereocenters. The van der Waals surface area contributed by atoms with Gasteiger partial charge in [0.1, 0.15) is 11.8 Å². The van der Waals surface area contributed by atoms with Gasteiger partial charge in [0, 0.05) is 10.6 Å². The molecule has 18 heavy (non-hydrogen) atoms. The molecule has 1 amide bonds. The number of rotatable bonds is 5. The van der Waals surface area contributed by atoms with Crippen LogP contribution in [0.1, 0.15) is 12.5 Å². The van der Waals surface area contributed by atoms with Gasteiger partial charge < -0.3 is 15.2 Å². The van der Waals surface area contributed by atoms with Crippen LogP contribution < -0.4 is 10.1 Å². The number of hydrogen-bond acceptors (Lipinski definition) is 3. The van der Waals surface area contributed by atoms with Gasteiger partial charge in [-0.3, -0.25) is 9.59 Å². The van der Waals surface area contributed by atoms with Gasteiger partial charge in [0.15, 0.2) is 0 Å². The summed E-state index contributed by atoms with van der Waals surface area (Å²) in [7, 11) is 1.48. The molecule has 1 aromatic carbocycles. The van der Waals surface area contributed by atoms with Crippen molar-refractivity contribution in [3.63, 3.8) is 0 Å². The lowest BCUT2D eigenvalue weighted by atomic mass is 10.1. The quantitative estimate of drug-likeness (QED) is 0.851. The highest BCUT2D eigenvalue weighted by molar-refractivity contribution is 6.31. The molecule has 1 rings (SSSR count). The molecule has 5 nitrogen and oxygen atoms in total. The fourth-order valence-corrected chi connectivity index (χ4v) is 1.65. The van der Waals surface area contributed by atoms with Crippen LogP contribution in [-0.2, 0) is 16.0 Å². The molecule has 0 aliphatic heterocycles. The molecular formula is C12H14ClNO4. The summed E-state index contributed by atoms with van der Waals surface area (Å²) in [6.45, 7) is 1.39. The van der Waals surface area contributed by atoms with E-state index in [9.17, 15) is 9.59 Å². The molecule has 98 valence electrons. The van der Waals surface area contributed by atoms with Crippen LogP contribution in [-0.4, -0.2) is 30.1 Å². The van der Waals surface area contributed by atoms with Gasteiger partial charge in [-0.2, -0.15) is 0 Å². The van der Waals surface area contributed by atoms with Gasteiger partial charge in [0.05, 0.1) is 13.5 Å². The first-order valence-electron chi connectivity index (χ1n) is 5.29. The maximum absolute atomic E-state index is 11.7. The Labute approximate surface area is 110 Å². The van der Waals surface area contributed by atoms with Crippen molar-refractivity contribution in [3.8, 4) is 5.75 Å². The van der Waals surface area contributed by atoms with Gasteiger partial charge in [0.2, 0.25) is 5.91 Å². The summed E-state index contributed by atoms with van der Waals surface area (Å²) >= 11 is 5.98. The lowest BCUT2D eigenvalue weighted by molar-refractivity contribution is -0.141. The summed E-state index contributed by atoms with van der Waals surface area (Å²) < 4.78 is 5.10. The smallest absolute Gasteiger partial charge is 0.325 e. The molecular weight excluding hydrogens is 258 g/mol. The minimum atomic E-state index is -1.09. The van der Waals surface area contributed by atoms with Crippen LogP contribution in [0, 0.1) is 0 Å². The van der Waals surface area contributed by atoms with Crippen molar-refractivity contribution in [1.29, 1.82) is 0 Å². The second-order valence-electron chi connectivity index (χ2n) is 3.72. The second kappa shape index (κ2) is 6.26. The Balaban J connectivity index is 2.79. The molecule has 0 radical (unpaired) electrons. The molecule has 0 aliphatic carbocycles. The largest absolute Gasteiger partial charge is 0.496 e. The summed E-state index contributed by atoms with van der Waals surface area (Å²) in [5, 5.41) is 11.5. The van der Waals surface area contributed by atoms with Gasteiger partial charge in [-0.1, -0.05) is 17.7 Å². The zero-order valence-corrected chi connectivity index (χ0v) is 10.8. The van der Waals surface area contributed by atoms with E-state index in [-0.39, 0.29) is 6.42 Å². The monoisotopic (exact) mass is 271 g/mol. The minimum absolute atomic E-state index is 0.0273. The molecule has 6 heteroatoms. The summed E-state index contributed by atoms with van der Waals surface area (Å²) in [4.78, 5) is 22.3. The highest BCUT2D eigenvalue weighted by Gasteiger charge is 2.17. The normalized spacial score (nSPS) is 11.7. The van der Waals surface area contributed by atoms with Crippen LogP contribution >= 0.6 is 11.6 Å². The Kier molecular flexibility index (Phi) is 4.97. The van der Waals surface area contributed by atoms with Crippen molar-refractivity contribution in [1.82, 2.24) is 5.32 Å². The maximum Gasteiger partial charge on any atom is 0.325 e. The number of nitrogens with one attached hydrogen (secondary N) is 1. The molecule has 0 aliphatic rings. The number of aliphatic carboxylic acids is 1. The third kappa shape index (κ3) is 3.63. The van der Waals surface area contributed by atoms with Gasteiger partial charge in [-0.05, 0) is 19.1 Å². The van der Waals surface area contributed by atoms with Gasteiger partial charge >= 0.3 is 5.97 Å². The SMILES string of the molecule is COc1cccc(Cl)c1CC(=O)N[C@@H](C)C(=O)O. The van der Waals surface area contributed by atoms with Gasteiger partial charge in [-0.25, -0.2) is 0 Å². The Hall–Kier alpha value is -1.75. The van der Waals surface area contributed by atoms with E-state index in [2.05, 4.69) is 5.32 Å². The standard InChI is InChI=1S/C12H14ClNO4/c1-7(12(16)17)14-11(15)6-8-9(13)4-3-5-10(8)18-2/h3-5,7H,6H2,1-2H3,(H,14,15)(H,16,17)/t7-/m0/s1. The zero-order valence-electron chi connectivity index (χ0n) is 10.1. The Bertz CT molecular complexity index is 461. The number of halogens is 1. The molecule has 2 N–H and O–H groups in total.